The molecule has 4 aromatic heterocycles. The van der Waals surface area contributed by atoms with Gasteiger partial charge in [0.05, 0.1) is 11.0 Å². The lowest BCUT2D eigenvalue weighted by molar-refractivity contribution is 0.978. The molecule has 1 aromatic carbocycles. The zero-order valence-electron chi connectivity index (χ0n) is 17.4. The molecule has 154 valence electrons. The first-order chi connectivity index (χ1) is 15.8. The average Bonchev–Trinajstić information content (AvgIpc) is 3.39. The minimum atomic E-state index is 0.246. The molecule has 0 fully saturated rings. The van der Waals surface area contributed by atoms with E-state index in [0.717, 1.165) is 55.1 Å². The summed E-state index contributed by atoms with van der Waals surface area (Å²) in [6.45, 7) is 2.16. The number of aromatic amines is 2. The van der Waals surface area contributed by atoms with Crippen molar-refractivity contribution in [3.8, 4) is 22.5 Å². The van der Waals surface area contributed by atoms with E-state index >= 15 is 0 Å². The monoisotopic (exact) mass is 416 g/mol. The van der Waals surface area contributed by atoms with Gasteiger partial charge in [0.25, 0.3) is 0 Å². The standard InChI is InChI=1S/C26H20N6/c1-16-8-18(19-13-28-15-29-14-19)10-22-24(9-16)31-32-26(22)25-11-21-20(5-2-6-23(21)30-25)17-4-3-7-27-12-17/h2-16,30-31H,1H3/t16-/m0/s1. The molecule has 6 nitrogen and oxygen atoms in total. The Balaban J connectivity index is 1.54. The van der Waals surface area contributed by atoms with Gasteiger partial charge in [-0.25, -0.2) is 9.97 Å². The molecule has 0 bridgehead atoms. The number of fused-ring (bicyclic) bond motifs is 2. The Morgan fingerprint density at radius 2 is 1.78 bits per heavy atom. The summed E-state index contributed by atoms with van der Waals surface area (Å²) in [4.78, 5) is 16.2. The third kappa shape index (κ3) is 3.13. The van der Waals surface area contributed by atoms with Crippen LogP contribution in [-0.4, -0.2) is 30.1 Å². The largest absolute Gasteiger partial charge is 0.353 e. The van der Waals surface area contributed by atoms with Gasteiger partial charge in [-0.2, -0.15) is 5.10 Å². The van der Waals surface area contributed by atoms with Crippen molar-refractivity contribution in [2.45, 2.75) is 6.92 Å². The minimum absolute atomic E-state index is 0.246. The van der Waals surface area contributed by atoms with E-state index in [-0.39, 0.29) is 5.92 Å². The molecule has 6 heteroatoms. The number of nitrogens with zero attached hydrogens (tertiary/aromatic N) is 4. The fourth-order valence-electron chi connectivity index (χ4n) is 4.32. The molecule has 0 amide bonds. The summed E-state index contributed by atoms with van der Waals surface area (Å²) in [5.74, 6) is 0.246. The van der Waals surface area contributed by atoms with Crippen molar-refractivity contribution in [2.75, 3.05) is 0 Å². The summed E-state index contributed by atoms with van der Waals surface area (Å²) >= 11 is 0. The third-order valence-corrected chi connectivity index (χ3v) is 5.79. The highest BCUT2D eigenvalue weighted by Gasteiger charge is 2.15. The van der Waals surface area contributed by atoms with E-state index in [1.165, 1.54) is 0 Å². The van der Waals surface area contributed by atoms with E-state index in [1.807, 2.05) is 24.7 Å². The van der Waals surface area contributed by atoms with Crippen molar-refractivity contribution < 1.29 is 0 Å². The van der Waals surface area contributed by atoms with Gasteiger partial charge in [0.1, 0.15) is 12.0 Å². The van der Waals surface area contributed by atoms with Crippen LogP contribution in [-0.2, 0) is 0 Å². The molecule has 32 heavy (non-hydrogen) atoms. The molecule has 0 unspecified atom stereocenters. The van der Waals surface area contributed by atoms with Gasteiger partial charge in [0.15, 0.2) is 0 Å². The van der Waals surface area contributed by atoms with Gasteiger partial charge in [-0.15, -0.1) is 0 Å². The van der Waals surface area contributed by atoms with Crippen LogP contribution in [0.15, 0.2) is 73.6 Å². The normalized spacial score (nSPS) is 15.4. The fourth-order valence-corrected chi connectivity index (χ4v) is 4.32. The zero-order chi connectivity index (χ0) is 21.5. The highest BCUT2D eigenvalue weighted by molar-refractivity contribution is 5.98. The van der Waals surface area contributed by atoms with Gasteiger partial charge >= 0.3 is 0 Å². The van der Waals surface area contributed by atoms with Crippen molar-refractivity contribution >= 4 is 28.6 Å². The van der Waals surface area contributed by atoms with Gasteiger partial charge in [0.2, 0.25) is 0 Å². The van der Waals surface area contributed by atoms with Crippen LogP contribution in [0.25, 0.3) is 51.1 Å². The van der Waals surface area contributed by atoms with Gasteiger partial charge in [0, 0.05) is 52.0 Å². The van der Waals surface area contributed by atoms with Crippen LogP contribution >= 0.6 is 0 Å². The molecule has 1 aliphatic carbocycles. The average molecular weight is 416 g/mol. The van der Waals surface area contributed by atoms with Gasteiger partial charge in [-0.1, -0.05) is 37.3 Å². The van der Waals surface area contributed by atoms with Crippen LogP contribution in [0.4, 0.5) is 0 Å². The Morgan fingerprint density at radius 1 is 0.906 bits per heavy atom. The SMILES string of the molecule is C[C@H]1C=C(c2cncnc2)C=c2c(-c3cc4c(-c5cccnc5)cccc4[nH]3)n[nH]c2=C1. The number of H-pyrrole nitrogens is 2. The van der Waals surface area contributed by atoms with Crippen LogP contribution < -0.4 is 10.6 Å². The molecular formula is C26H20N6. The highest BCUT2D eigenvalue weighted by Crippen LogP contribution is 2.31. The number of allylic oxidation sites excluding steroid dienone is 2. The first-order valence-electron chi connectivity index (χ1n) is 10.5. The maximum Gasteiger partial charge on any atom is 0.116 e. The predicted molar refractivity (Wildman–Crippen MR) is 126 cm³/mol. The maximum atomic E-state index is 4.68. The molecule has 0 saturated heterocycles. The molecular weight excluding hydrogens is 396 g/mol. The van der Waals surface area contributed by atoms with Crippen molar-refractivity contribution in [3.05, 3.63) is 89.7 Å². The number of rotatable bonds is 3. The Bertz CT molecular complexity index is 1580. The Labute approximate surface area is 184 Å². The lowest BCUT2D eigenvalue weighted by Gasteiger charge is -2.03. The third-order valence-electron chi connectivity index (χ3n) is 5.79. The molecule has 0 aliphatic heterocycles. The van der Waals surface area contributed by atoms with Crippen LogP contribution in [0.5, 0.6) is 0 Å². The summed E-state index contributed by atoms with van der Waals surface area (Å²) in [5.41, 5.74) is 7.24. The Hall–Kier alpha value is -4.32. The van der Waals surface area contributed by atoms with E-state index in [0.29, 0.717) is 0 Å². The van der Waals surface area contributed by atoms with E-state index in [9.17, 15) is 0 Å². The van der Waals surface area contributed by atoms with Crippen molar-refractivity contribution in [1.29, 1.82) is 0 Å². The number of nitrogens with one attached hydrogen (secondary N) is 2. The molecule has 0 saturated carbocycles. The molecule has 6 rings (SSSR count). The Kier molecular flexibility index (Phi) is 4.28. The number of benzene rings is 1. The number of hydrogen-bond acceptors (Lipinski definition) is 4. The van der Waals surface area contributed by atoms with E-state index in [4.69, 9.17) is 0 Å². The lowest BCUT2D eigenvalue weighted by atomic mass is 10.0. The highest BCUT2D eigenvalue weighted by atomic mass is 15.1. The van der Waals surface area contributed by atoms with Crippen LogP contribution in [0.1, 0.15) is 12.5 Å². The van der Waals surface area contributed by atoms with Crippen LogP contribution in [0.3, 0.4) is 0 Å². The molecule has 5 aromatic rings. The van der Waals surface area contributed by atoms with Crippen molar-refractivity contribution in [3.63, 3.8) is 0 Å². The van der Waals surface area contributed by atoms with Crippen LogP contribution in [0.2, 0.25) is 0 Å². The van der Waals surface area contributed by atoms with Crippen molar-refractivity contribution in [2.24, 2.45) is 5.92 Å². The number of hydrogen-bond donors (Lipinski definition) is 2. The molecule has 2 N–H and O–H groups in total. The van der Waals surface area contributed by atoms with E-state index in [2.05, 4.69) is 85.6 Å². The first kappa shape index (κ1) is 18.4. The summed E-state index contributed by atoms with van der Waals surface area (Å²) in [7, 11) is 0. The molecule has 4 heterocycles. The molecule has 0 radical (unpaired) electrons. The van der Waals surface area contributed by atoms with Crippen LogP contribution in [0, 0.1) is 5.92 Å². The molecule has 0 spiro atoms. The topological polar surface area (TPSA) is 83.1 Å². The first-order valence-corrected chi connectivity index (χ1v) is 10.5. The molecule has 1 atom stereocenters. The van der Waals surface area contributed by atoms with E-state index in [1.54, 1.807) is 12.5 Å². The molecule has 1 aliphatic rings. The smallest absolute Gasteiger partial charge is 0.116 e. The lowest BCUT2D eigenvalue weighted by Crippen LogP contribution is -2.24. The maximum absolute atomic E-state index is 4.68. The minimum Gasteiger partial charge on any atom is -0.353 e. The summed E-state index contributed by atoms with van der Waals surface area (Å²) in [6, 6.07) is 12.5. The Morgan fingerprint density at radius 3 is 2.62 bits per heavy atom. The second kappa shape index (κ2) is 7.42. The summed E-state index contributed by atoms with van der Waals surface area (Å²) in [5, 5.41) is 11.1. The second-order valence-electron chi connectivity index (χ2n) is 8.01. The van der Waals surface area contributed by atoms with Gasteiger partial charge in [-0.05, 0) is 41.3 Å². The second-order valence-corrected chi connectivity index (χ2v) is 8.01. The quantitative estimate of drug-likeness (QED) is 0.470. The summed E-state index contributed by atoms with van der Waals surface area (Å²) in [6.07, 6.45) is 15.5. The predicted octanol–water partition coefficient (Wildman–Crippen LogP) is 3.70. The van der Waals surface area contributed by atoms with Crippen molar-refractivity contribution in [1.82, 2.24) is 30.1 Å². The van der Waals surface area contributed by atoms with Gasteiger partial charge in [-0.3, -0.25) is 10.1 Å². The van der Waals surface area contributed by atoms with E-state index < -0.39 is 0 Å². The summed E-state index contributed by atoms with van der Waals surface area (Å²) < 4.78 is 0. The number of aromatic nitrogens is 6. The zero-order valence-corrected chi connectivity index (χ0v) is 17.4. The van der Waals surface area contributed by atoms with Gasteiger partial charge < -0.3 is 4.98 Å². The number of pyridine rings is 1. The fraction of sp³-hybridized carbons (Fsp3) is 0.0769.